The van der Waals surface area contributed by atoms with Crippen LogP contribution in [0.2, 0.25) is 0 Å². The number of esters is 2. The first-order valence-corrected chi connectivity index (χ1v) is 5.28. The fraction of sp³-hybridized carbons (Fsp3) is 0.545. The van der Waals surface area contributed by atoms with Gasteiger partial charge >= 0.3 is 11.9 Å². The second-order valence-electron chi connectivity index (χ2n) is 4.01. The fourth-order valence-corrected chi connectivity index (χ4v) is 1.37. The van der Waals surface area contributed by atoms with Crippen molar-refractivity contribution < 1.29 is 29.0 Å². The average molecular weight is 257 g/mol. The van der Waals surface area contributed by atoms with E-state index < -0.39 is 30.9 Å². The van der Waals surface area contributed by atoms with Gasteiger partial charge in [-0.25, -0.2) is 9.59 Å². The standard InChI is InChI=1S/C11H15NO6/c1-6(2)11(16)17-5-9(14)18-7-4-8(13)12(3)10(7)15/h7,10,15H,1,4-5H2,2-3H3. The van der Waals surface area contributed by atoms with E-state index in [-0.39, 0.29) is 17.9 Å². The number of likely N-dealkylation sites (N-methyl/N-ethyl adjacent to an activating group) is 1. The highest BCUT2D eigenvalue weighted by Crippen LogP contribution is 2.18. The Morgan fingerprint density at radius 2 is 2.17 bits per heavy atom. The van der Waals surface area contributed by atoms with Crippen molar-refractivity contribution in [2.24, 2.45) is 0 Å². The normalized spacial score (nSPS) is 22.8. The Balaban J connectivity index is 2.40. The lowest BCUT2D eigenvalue weighted by Crippen LogP contribution is -2.36. The second-order valence-corrected chi connectivity index (χ2v) is 4.01. The Morgan fingerprint density at radius 3 is 2.61 bits per heavy atom. The smallest absolute Gasteiger partial charge is 0.344 e. The minimum atomic E-state index is -1.17. The van der Waals surface area contributed by atoms with Crippen LogP contribution in [-0.2, 0) is 23.9 Å². The van der Waals surface area contributed by atoms with E-state index in [1.807, 2.05) is 0 Å². The summed E-state index contributed by atoms with van der Waals surface area (Å²) in [7, 11) is 1.40. The summed E-state index contributed by atoms with van der Waals surface area (Å²) >= 11 is 0. The van der Waals surface area contributed by atoms with Crippen molar-refractivity contribution in [3.05, 3.63) is 12.2 Å². The monoisotopic (exact) mass is 257 g/mol. The van der Waals surface area contributed by atoms with E-state index in [1.54, 1.807) is 0 Å². The number of ether oxygens (including phenoxy) is 2. The number of carbonyl (C=O) groups excluding carboxylic acids is 3. The zero-order valence-electron chi connectivity index (χ0n) is 10.2. The summed E-state index contributed by atoms with van der Waals surface area (Å²) in [6.45, 7) is 4.22. The number of likely N-dealkylation sites (tertiary alicyclic amines) is 1. The molecule has 0 saturated carbocycles. The van der Waals surface area contributed by atoms with Gasteiger partial charge in [-0.1, -0.05) is 6.58 Å². The lowest BCUT2D eigenvalue weighted by atomic mass is 10.3. The average Bonchev–Trinajstić information content (AvgIpc) is 2.54. The van der Waals surface area contributed by atoms with E-state index in [4.69, 9.17) is 4.74 Å². The summed E-state index contributed by atoms with van der Waals surface area (Å²) in [5, 5.41) is 9.55. The van der Waals surface area contributed by atoms with E-state index in [9.17, 15) is 19.5 Å². The molecule has 1 saturated heterocycles. The van der Waals surface area contributed by atoms with E-state index in [0.29, 0.717) is 0 Å². The highest BCUT2D eigenvalue weighted by atomic mass is 16.6. The molecule has 7 heteroatoms. The molecule has 1 aliphatic heterocycles. The first-order chi connectivity index (χ1) is 8.32. The fourth-order valence-electron chi connectivity index (χ4n) is 1.37. The molecule has 0 aromatic rings. The summed E-state index contributed by atoms with van der Waals surface area (Å²) in [6.07, 6.45) is -2.19. The van der Waals surface area contributed by atoms with E-state index in [0.717, 1.165) is 4.90 Å². The van der Waals surface area contributed by atoms with Gasteiger partial charge in [0.1, 0.15) is 0 Å². The summed E-state index contributed by atoms with van der Waals surface area (Å²) < 4.78 is 9.41. The van der Waals surface area contributed by atoms with Crippen molar-refractivity contribution in [1.29, 1.82) is 0 Å². The van der Waals surface area contributed by atoms with E-state index in [2.05, 4.69) is 11.3 Å². The molecule has 1 heterocycles. The van der Waals surface area contributed by atoms with Gasteiger partial charge in [0.2, 0.25) is 5.91 Å². The molecule has 18 heavy (non-hydrogen) atoms. The molecule has 1 fully saturated rings. The molecule has 0 aromatic heterocycles. The third-order valence-corrected chi connectivity index (χ3v) is 2.45. The number of rotatable bonds is 4. The molecule has 0 aliphatic carbocycles. The van der Waals surface area contributed by atoms with E-state index >= 15 is 0 Å². The first kappa shape index (κ1) is 14.2. The molecule has 0 radical (unpaired) electrons. The Labute approximate surface area is 104 Å². The number of nitrogens with zero attached hydrogens (tertiary/aromatic N) is 1. The number of hydrogen-bond donors (Lipinski definition) is 1. The van der Waals surface area contributed by atoms with Crippen LogP contribution in [0.5, 0.6) is 0 Å². The Kier molecular flexibility index (Phi) is 4.43. The van der Waals surface area contributed by atoms with Crippen LogP contribution < -0.4 is 0 Å². The third-order valence-electron chi connectivity index (χ3n) is 2.45. The molecule has 1 rings (SSSR count). The van der Waals surface area contributed by atoms with Crippen molar-refractivity contribution in [3.8, 4) is 0 Å². The number of aliphatic hydroxyl groups is 1. The molecule has 2 unspecified atom stereocenters. The summed E-state index contributed by atoms with van der Waals surface area (Å²) in [5.41, 5.74) is 0.165. The number of aliphatic hydroxyl groups excluding tert-OH is 1. The minimum absolute atomic E-state index is 0.0855. The summed E-state index contributed by atoms with van der Waals surface area (Å²) in [6, 6.07) is 0. The molecule has 0 spiro atoms. The van der Waals surface area contributed by atoms with Gasteiger partial charge in [0.15, 0.2) is 18.9 Å². The first-order valence-electron chi connectivity index (χ1n) is 5.28. The van der Waals surface area contributed by atoms with Crippen molar-refractivity contribution >= 4 is 17.8 Å². The van der Waals surface area contributed by atoms with Gasteiger partial charge in [0, 0.05) is 12.6 Å². The van der Waals surface area contributed by atoms with Crippen LogP contribution in [-0.4, -0.2) is 53.8 Å². The zero-order valence-corrected chi connectivity index (χ0v) is 10.2. The van der Waals surface area contributed by atoms with Crippen LogP contribution in [0.1, 0.15) is 13.3 Å². The molecular weight excluding hydrogens is 242 g/mol. The van der Waals surface area contributed by atoms with Crippen LogP contribution in [0.3, 0.4) is 0 Å². The highest BCUT2D eigenvalue weighted by molar-refractivity contribution is 5.88. The van der Waals surface area contributed by atoms with Crippen LogP contribution in [0.4, 0.5) is 0 Å². The lowest BCUT2D eigenvalue weighted by molar-refractivity contribution is -0.166. The SMILES string of the molecule is C=C(C)C(=O)OCC(=O)OC1CC(=O)N(C)C1O. The maximum Gasteiger partial charge on any atom is 0.344 e. The lowest BCUT2D eigenvalue weighted by Gasteiger charge is -2.18. The maximum absolute atomic E-state index is 11.3. The van der Waals surface area contributed by atoms with Gasteiger partial charge in [0.25, 0.3) is 0 Å². The Morgan fingerprint density at radius 1 is 1.56 bits per heavy atom. The molecule has 1 amide bonds. The molecule has 2 atom stereocenters. The van der Waals surface area contributed by atoms with Crippen LogP contribution in [0.15, 0.2) is 12.2 Å². The Hall–Kier alpha value is -1.89. The number of hydrogen-bond acceptors (Lipinski definition) is 6. The molecule has 0 aromatic carbocycles. The van der Waals surface area contributed by atoms with Crippen LogP contribution >= 0.6 is 0 Å². The van der Waals surface area contributed by atoms with Gasteiger partial charge in [-0.15, -0.1) is 0 Å². The predicted molar refractivity (Wildman–Crippen MR) is 59.0 cm³/mol. The summed E-state index contributed by atoms with van der Waals surface area (Å²) in [4.78, 5) is 34.6. The van der Waals surface area contributed by atoms with Gasteiger partial charge in [-0.05, 0) is 6.92 Å². The van der Waals surface area contributed by atoms with Crippen molar-refractivity contribution in [2.75, 3.05) is 13.7 Å². The minimum Gasteiger partial charge on any atom is -0.454 e. The second kappa shape index (κ2) is 5.63. The molecule has 0 bridgehead atoms. The van der Waals surface area contributed by atoms with Gasteiger partial charge in [-0.3, -0.25) is 4.79 Å². The topological polar surface area (TPSA) is 93.1 Å². The maximum atomic E-state index is 11.3. The zero-order chi connectivity index (χ0) is 13.9. The molecular formula is C11H15NO6. The molecule has 100 valence electrons. The van der Waals surface area contributed by atoms with E-state index in [1.165, 1.54) is 14.0 Å². The quantitative estimate of drug-likeness (QED) is 0.523. The number of carbonyl (C=O) groups is 3. The summed E-state index contributed by atoms with van der Waals surface area (Å²) in [5.74, 6) is -1.84. The molecule has 1 aliphatic rings. The third kappa shape index (κ3) is 3.30. The highest BCUT2D eigenvalue weighted by Gasteiger charge is 2.38. The van der Waals surface area contributed by atoms with Gasteiger partial charge in [-0.2, -0.15) is 0 Å². The molecule has 7 nitrogen and oxygen atoms in total. The molecule has 1 N–H and O–H groups in total. The van der Waals surface area contributed by atoms with Crippen LogP contribution in [0.25, 0.3) is 0 Å². The van der Waals surface area contributed by atoms with Crippen molar-refractivity contribution in [3.63, 3.8) is 0 Å². The van der Waals surface area contributed by atoms with Crippen molar-refractivity contribution in [1.82, 2.24) is 4.90 Å². The Bertz CT molecular complexity index is 391. The van der Waals surface area contributed by atoms with Crippen molar-refractivity contribution in [2.45, 2.75) is 25.7 Å². The number of amides is 1. The van der Waals surface area contributed by atoms with Crippen LogP contribution in [0, 0.1) is 0 Å². The predicted octanol–water partition coefficient (Wildman–Crippen LogP) is -0.802. The van der Waals surface area contributed by atoms with Gasteiger partial charge < -0.3 is 19.5 Å². The van der Waals surface area contributed by atoms with Gasteiger partial charge in [0.05, 0.1) is 6.42 Å². The largest absolute Gasteiger partial charge is 0.454 e.